The van der Waals surface area contributed by atoms with Gasteiger partial charge in [0.25, 0.3) is 0 Å². The Labute approximate surface area is 164 Å². The van der Waals surface area contributed by atoms with Crippen molar-refractivity contribution in [2.45, 2.75) is 96.5 Å². The molecule has 0 bridgehead atoms. The van der Waals surface area contributed by atoms with E-state index in [1.165, 1.54) is 10.5 Å². The molecule has 4 nitrogen and oxygen atoms in total. The van der Waals surface area contributed by atoms with Crippen molar-refractivity contribution in [3.05, 3.63) is 0 Å². The Morgan fingerprint density at radius 2 is 1.04 bits per heavy atom. The summed E-state index contributed by atoms with van der Waals surface area (Å²) >= 11 is 1.55. The predicted octanol–water partition coefficient (Wildman–Crippen LogP) is 2.89. The third-order valence-electron chi connectivity index (χ3n) is 3.69. The Hall–Kier alpha value is -0.177. The van der Waals surface area contributed by atoms with Crippen LogP contribution >= 0.6 is 0 Å². The summed E-state index contributed by atoms with van der Waals surface area (Å²) in [7, 11) is 0. The predicted molar refractivity (Wildman–Crippen MR) is 97.5 cm³/mol. The van der Waals surface area contributed by atoms with Gasteiger partial charge in [-0.15, -0.1) is 0 Å². The molecule has 24 heavy (non-hydrogen) atoms. The zero-order chi connectivity index (χ0) is 19.4. The van der Waals surface area contributed by atoms with E-state index in [0.717, 1.165) is 38.5 Å². The van der Waals surface area contributed by atoms with Gasteiger partial charge in [-0.2, -0.15) is 0 Å². The molecule has 0 heterocycles. The quantitative estimate of drug-likeness (QED) is 0.379. The van der Waals surface area contributed by atoms with E-state index in [1.807, 2.05) is 13.8 Å². The second-order valence-corrected chi connectivity index (χ2v) is 7.60. The van der Waals surface area contributed by atoms with Gasteiger partial charge in [-0.05, 0) is 37.5 Å². The van der Waals surface area contributed by atoms with E-state index in [-0.39, 0.29) is 11.8 Å². The van der Waals surface area contributed by atoms with Gasteiger partial charge in [0, 0.05) is 11.9 Å². The maximum atomic E-state index is 10.3. The molecule has 5 heteroatoms. The fourth-order valence-corrected chi connectivity index (χ4v) is 1.88. The number of rotatable bonds is 11. The van der Waals surface area contributed by atoms with Gasteiger partial charge in [0.15, 0.2) is 0 Å². The third-order valence-corrected chi connectivity index (χ3v) is 5.43. The average molecular weight is 538 g/mol. The normalized spacial score (nSPS) is 12.0. The topological polar surface area (TPSA) is 80.3 Å². The Morgan fingerprint density at radius 3 is 1.17 bits per heavy atom. The molecule has 2 radical (unpaired) electrons. The molecule has 0 aliphatic carbocycles. The Kier molecular flexibility index (Phi) is 27.2. The molecule has 0 fully saturated rings. The van der Waals surface area contributed by atoms with E-state index in [0.29, 0.717) is 12.8 Å². The second kappa shape index (κ2) is 22.8. The van der Waals surface area contributed by atoms with Gasteiger partial charge >= 0.3 is 42.2 Å². The van der Waals surface area contributed by atoms with Crippen LogP contribution < -0.4 is 10.2 Å². The first-order chi connectivity index (χ1) is 11.4. The molecule has 2 unspecified atom stereocenters. The number of carboxylic acid groups (broad SMARTS) is 2. The monoisotopic (exact) mass is 538 g/mol. The molecule has 2 atom stereocenters. The summed E-state index contributed by atoms with van der Waals surface area (Å²) < 4.78 is 1.43. The number of hydrogen-bond donors (Lipinski definition) is 0. The van der Waals surface area contributed by atoms with Gasteiger partial charge in [-0.1, -0.05) is 53.4 Å². The molecule has 0 N–H and O–H groups in total. The molecule has 0 aromatic carbocycles. The van der Waals surface area contributed by atoms with Crippen molar-refractivity contribution in [1.82, 2.24) is 0 Å². The number of hydrogen-bond acceptors (Lipinski definition) is 4. The van der Waals surface area contributed by atoms with Gasteiger partial charge in [0.2, 0.25) is 0 Å². The number of carbonyl (C=O) groups excluding carboxylic acids is 2. The van der Waals surface area contributed by atoms with Crippen molar-refractivity contribution in [3.8, 4) is 0 Å². The molecule has 0 saturated heterocycles. The summed E-state index contributed by atoms with van der Waals surface area (Å²) in [6.07, 6.45) is 8.41. The van der Waals surface area contributed by atoms with E-state index in [2.05, 4.69) is 20.8 Å². The first kappa shape index (κ1) is 28.6. The SMILES string of the molecule is CCCCC(CC)C(=O)[O-].CCCCC(CC)C(=O)[O-].CC[CH2][Bi+2]. The van der Waals surface area contributed by atoms with Crippen molar-refractivity contribution in [2.75, 3.05) is 0 Å². The molecule has 0 aromatic heterocycles. The van der Waals surface area contributed by atoms with Crippen molar-refractivity contribution < 1.29 is 19.8 Å². The van der Waals surface area contributed by atoms with E-state index in [4.69, 9.17) is 0 Å². The van der Waals surface area contributed by atoms with E-state index >= 15 is 0 Å². The van der Waals surface area contributed by atoms with Gasteiger partial charge in [-0.25, -0.2) is 0 Å². The van der Waals surface area contributed by atoms with Crippen molar-refractivity contribution >= 4 is 36.7 Å². The fraction of sp³-hybridized carbons (Fsp3) is 0.895. The Morgan fingerprint density at radius 1 is 0.750 bits per heavy atom. The van der Waals surface area contributed by atoms with Crippen LogP contribution in [0.5, 0.6) is 0 Å². The average Bonchev–Trinajstić information content (AvgIpc) is 2.56. The zero-order valence-electron chi connectivity index (χ0n) is 16.3. The van der Waals surface area contributed by atoms with Crippen molar-refractivity contribution in [2.24, 2.45) is 11.8 Å². The van der Waals surface area contributed by atoms with Crippen LogP contribution in [0.25, 0.3) is 0 Å². The van der Waals surface area contributed by atoms with E-state index in [1.54, 1.807) is 24.7 Å². The van der Waals surface area contributed by atoms with Gasteiger partial charge in [0.05, 0.1) is 0 Å². The second-order valence-electron chi connectivity index (χ2n) is 5.86. The van der Waals surface area contributed by atoms with Gasteiger partial charge in [0.1, 0.15) is 0 Å². The standard InChI is InChI=1S/2C8H16O2.C3H7.Bi/c2*1-3-5-6-7(4-2)8(9)10;1-3-2;/h2*7H,3-6H2,1-2H3,(H,9,10);1,3H2,2H3;/q;;;+2/p-2. The molecule has 0 aromatic rings. The van der Waals surface area contributed by atoms with Crippen LogP contribution in [0.1, 0.15) is 92.4 Å². The Balaban J connectivity index is -0.000000301. The Bertz CT molecular complexity index is 255. The van der Waals surface area contributed by atoms with Gasteiger partial charge in [-0.3, -0.25) is 0 Å². The number of carbonyl (C=O) groups is 2. The van der Waals surface area contributed by atoms with Crippen LogP contribution in [0.3, 0.4) is 0 Å². The minimum absolute atomic E-state index is 0.222. The molecule has 0 aliphatic rings. The van der Waals surface area contributed by atoms with Crippen LogP contribution in [0.4, 0.5) is 0 Å². The number of carboxylic acids is 2. The zero-order valence-corrected chi connectivity index (χ0v) is 19.8. The van der Waals surface area contributed by atoms with Crippen molar-refractivity contribution in [3.63, 3.8) is 0 Å². The summed E-state index contributed by atoms with van der Waals surface area (Å²) in [6, 6.07) is 0. The van der Waals surface area contributed by atoms with Crippen LogP contribution in [0.15, 0.2) is 0 Å². The first-order valence-electron chi connectivity index (χ1n) is 9.38. The molecular formula is C19H37BiO4. The summed E-state index contributed by atoms with van der Waals surface area (Å²) in [6.45, 7) is 10.1. The summed E-state index contributed by atoms with van der Waals surface area (Å²) in [5.74, 6) is -2.23. The number of aliphatic carboxylic acids is 2. The molecular weight excluding hydrogens is 501 g/mol. The van der Waals surface area contributed by atoms with Crippen LogP contribution in [0, 0.1) is 11.8 Å². The molecule has 0 spiro atoms. The minimum atomic E-state index is -0.893. The molecule has 142 valence electrons. The molecule has 0 rings (SSSR count). The summed E-state index contributed by atoms with van der Waals surface area (Å²) in [4.78, 5) is 20.7. The third kappa shape index (κ3) is 21.8. The first-order valence-corrected chi connectivity index (χ1v) is 11.8. The van der Waals surface area contributed by atoms with Gasteiger partial charge < -0.3 is 19.8 Å². The number of unbranched alkanes of at least 4 members (excludes halogenated alkanes) is 2. The maximum absolute atomic E-state index is 10.3. The van der Waals surface area contributed by atoms with E-state index in [9.17, 15) is 19.8 Å². The molecule has 0 amide bonds. The van der Waals surface area contributed by atoms with Crippen molar-refractivity contribution in [1.29, 1.82) is 0 Å². The molecule has 0 saturated carbocycles. The fourth-order valence-electron chi connectivity index (χ4n) is 1.88. The summed E-state index contributed by atoms with van der Waals surface area (Å²) in [5, 5.41) is 20.7. The summed E-state index contributed by atoms with van der Waals surface area (Å²) in [5.41, 5.74) is 0. The van der Waals surface area contributed by atoms with E-state index < -0.39 is 11.9 Å². The molecule has 0 aliphatic heterocycles. The van der Waals surface area contributed by atoms with Crippen LogP contribution in [-0.2, 0) is 9.59 Å². The van der Waals surface area contributed by atoms with Crippen LogP contribution in [-0.4, -0.2) is 36.7 Å². The van der Waals surface area contributed by atoms with Crippen LogP contribution in [0.2, 0.25) is 4.13 Å².